The molecule has 1 atom stereocenters. The number of nitrogens with zero attached hydrogens (tertiary/aromatic N) is 2. The van der Waals surface area contributed by atoms with Gasteiger partial charge in [0.05, 0.1) is 11.2 Å². The van der Waals surface area contributed by atoms with E-state index in [2.05, 4.69) is 34.3 Å². The first-order valence-corrected chi connectivity index (χ1v) is 5.46. The predicted molar refractivity (Wildman–Crippen MR) is 65.7 cm³/mol. The topological polar surface area (TPSA) is 37.3 Å². The zero-order valence-corrected chi connectivity index (χ0v) is 9.14. The van der Waals surface area contributed by atoms with E-state index in [9.17, 15) is 0 Å². The average Bonchev–Trinajstić information content (AvgIpc) is 2.81. The molecule has 0 radical (unpaired) electrons. The van der Waals surface area contributed by atoms with Crippen LogP contribution < -0.4 is 5.32 Å². The fraction of sp³-hybridized carbons (Fsp3) is 0.231. The van der Waals surface area contributed by atoms with Gasteiger partial charge in [-0.2, -0.15) is 0 Å². The van der Waals surface area contributed by atoms with Crippen LogP contribution in [0.2, 0.25) is 0 Å². The van der Waals surface area contributed by atoms with Crippen molar-refractivity contribution in [1.29, 1.82) is 0 Å². The van der Waals surface area contributed by atoms with Gasteiger partial charge in [-0.15, -0.1) is 0 Å². The number of hydrogen-bond acceptors (Lipinski definition) is 3. The van der Waals surface area contributed by atoms with Crippen molar-refractivity contribution in [3.05, 3.63) is 41.6 Å². The van der Waals surface area contributed by atoms with Crippen LogP contribution in [0.1, 0.15) is 17.4 Å². The zero-order valence-electron chi connectivity index (χ0n) is 9.14. The minimum absolute atomic E-state index is 0.0320. The fourth-order valence-electron chi connectivity index (χ4n) is 2.06. The molecule has 1 N–H and O–H groups in total. The first kappa shape index (κ1) is 9.48. The van der Waals surface area contributed by atoms with Gasteiger partial charge in [0.1, 0.15) is 6.17 Å². The van der Waals surface area contributed by atoms with E-state index in [0.717, 1.165) is 17.8 Å². The number of nitrogens with one attached hydrogen (secondary N) is 1. The first-order valence-electron chi connectivity index (χ1n) is 5.46. The highest BCUT2D eigenvalue weighted by Crippen LogP contribution is 2.22. The summed E-state index contributed by atoms with van der Waals surface area (Å²) in [6.07, 6.45) is 1.94. The molecule has 2 aromatic rings. The third kappa shape index (κ3) is 1.49. The molecule has 1 aromatic heterocycles. The molecule has 1 aliphatic rings. The van der Waals surface area contributed by atoms with Crippen LogP contribution in [-0.4, -0.2) is 17.7 Å². The number of aliphatic imine (C=N–C) groups is 1. The SMILES string of the molecule is Cc1cc2ccccc2nc1[C@H]1N=CCN1. The molecular weight excluding hydrogens is 198 g/mol. The lowest BCUT2D eigenvalue weighted by atomic mass is 10.1. The maximum atomic E-state index is 4.68. The van der Waals surface area contributed by atoms with Gasteiger partial charge < -0.3 is 0 Å². The largest absolute Gasteiger partial charge is 0.286 e. The Labute approximate surface area is 94.2 Å². The van der Waals surface area contributed by atoms with Crippen molar-refractivity contribution >= 4 is 17.1 Å². The molecule has 0 bridgehead atoms. The maximum absolute atomic E-state index is 4.68. The normalized spacial score (nSPS) is 19.4. The van der Waals surface area contributed by atoms with Crippen molar-refractivity contribution in [1.82, 2.24) is 10.3 Å². The van der Waals surface area contributed by atoms with Crippen LogP contribution in [0.15, 0.2) is 35.3 Å². The van der Waals surface area contributed by atoms with Gasteiger partial charge in [0.2, 0.25) is 0 Å². The minimum atomic E-state index is 0.0320. The molecule has 80 valence electrons. The lowest BCUT2D eigenvalue weighted by Gasteiger charge is -2.11. The van der Waals surface area contributed by atoms with Crippen LogP contribution in [0, 0.1) is 6.92 Å². The highest BCUT2D eigenvalue weighted by Gasteiger charge is 2.16. The number of aromatic nitrogens is 1. The van der Waals surface area contributed by atoms with Crippen molar-refractivity contribution in [2.24, 2.45) is 4.99 Å². The smallest absolute Gasteiger partial charge is 0.142 e. The Morgan fingerprint density at radius 2 is 2.19 bits per heavy atom. The van der Waals surface area contributed by atoms with E-state index in [-0.39, 0.29) is 6.17 Å². The van der Waals surface area contributed by atoms with Crippen molar-refractivity contribution in [3.8, 4) is 0 Å². The van der Waals surface area contributed by atoms with Gasteiger partial charge in [0.25, 0.3) is 0 Å². The predicted octanol–water partition coefficient (Wildman–Crippen LogP) is 2.22. The number of pyridine rings is 1. The van der Waals surface area contributed by atoms with E-state index in [4.69, 9.17) is 0 Å². The van der Waals surface area contributed by atoms with Crippen LogP contribution in [0.4, 0.5) is 0 Å². The molecule has 0 amide bonds. The number of para-hydroxylation sites is 1. The Balaban J connectivity index is 2.17. The monoisotopic (exact) mass is 211 g/mol. The second kappa shape index (κ2) is 3.68. The molecule has 1 aromatic carbocycles. The van der Waals surface area contributed by atoms with E-state index >= 15 is 0 Å². The minimum Gasteiger partial charge on any atom is -0.286 e. The van der Waals surface area contributed by atoms with Crippen molar-refractivity contribution < 1.29 is 0 Å². The van der Waals surface area contributed by atoms with E-state index in [1.165, 1.54) is 10.9 Å². The molecule has 0 saturated carbocycles. The van der Waals surface area contributed by atoms with Crippen molar-refractivity contribution in [2.75, 3.05) is 6.54 Å². The van der Waals surface area contributed by atoms with Gasteiger partial charge in [-0.1, -0.05) is 18.2 Å². The van der Waals surface area contributed by atoms with Gasteiger partial charge >= 0.3 is 0 Å². The van der Waals surface area contributed by atoms with Gasteiger partial charge in [-0.25, -0.2) is 4.98 Å². The molecule has 3 rings (SSSR count). The Bertz CT molecular complexity index is 560. The molecule has 16 heavy (non-hydrogen) atoms. The summed E-state index contributed by atoms with van der Waals surface area (Å²) in [6.45, 7) is 2.92. The quantitative estimate of drug-likeness (QED) is 0.785. The summed E-state index contributed by atoms with van der Waals surface area (Å²) < 4.78 is 0. The number of hydrogen-bond donors (Lipinski definition) is 1. The Morgan fingerprint density at radius 1 is 1.31 bits per heavy atom. The molecule has 0 fully saturated rings. The fourth-order valence-corrected chi connectivity index (χ4v) is 2.06. The Hall–Kier alpha value is -1.74. The van der Waals surface area contributed by atoms with Gasteiger partial charge in [-0.3, -0.25) is 10.3 Å². The van der Waals surface area contributed by atoms with Crippen molar-refractivity contribution in [3.63, 3.8) is 0 Å². The van der Waals surface area contributed by atoms with Crippen LogP contribution in [0.3, 0.4) is 0 Å². The summed E-state index contributed by atoms with van der Waals surface area (Å²) in [6, 6.07) is 10.4. The first-order chi connectivity index (χ1) is 7.84. The van der Waals surface area contributed by atoms with Gasteiger partial charge in [0, 0.05) is 18.1 Å². The lowest BCUT2D eigenvalue weighted by molar-refractivity contribution is 0.623. The van der Waals surface area contributed by atoms with Crippen molar-refractivity contribution in [2.45, 2.75) is 13.1 Å². The highest BCUT2D eigenvalue weighted by atomic mass is 15.1. The molecule has 1 aliphatic heterocycles. The number of benzene rings is 1. The second-order valence-electron chi connectivity index (χ2n) is 4.03. The molecule has 2 heterocycles. The summed E-state index contributed by atoms with van der Waals surface area (Å²) in [5.41, 5.74) is 3.26. The van der Waals surface area contributed by atoms with Crippen LogP contribution in [0.25, 0.3) is 10.9 Å². The van der Waals surface area contributed by atoms with E-state index in [0.29, 0.717) is 0 Å². The number of fused-ring (bicyclic) bond motifs is 1. The second-order valence-corrected chi connectivity index (χ2v) is 4.03. The summed E-state index contributed by atoms with van der Waals surface area (Å²) >= 11 is 0. The van der Waals surface area contributed by atoms with Crippen LogP contribution in [-0.2, 0) is 0 Å². The molecule has 3 nitrogen and oxygen atoms in total. The summed E-state index contributed by atoms with van der Waals surface area (Å²) in [5.74, 6) is 0. The van der Waals surface area contributed by atoms with E-state index in [1.807, 2.05) is 24.4 Å². The number of rotatable bonds is 1. The Morgan fingerprint density at radius 3 is 3.00 bits per heavy atom. The summed E-state index contributed by atoms with van der Waals surface area (Å²) in [4.78, 5) is 9.06. The third-order valence-corrected chi connectivity index (χ3v) is 2.87. The summed E-state index contributed by atoms with van der Waals surface area (Å²) in [5, 5.41) is 4.48. The third-order valence-electron chi connectivity index (χ3n) is 2.87. The van der Waals surface area contributed by atoms with Gasteiger partial charge in [-0.05, 0) is 24.6 Å². The molecule has 3 heteroatoms. The molecular formula is C13H13N3. The summed E-state index contributed by atoms with van der Waals surface area (Å²) in [7, 11) is 0. The maximum Gasteiger partial charge on any atom is 0.142 e. The zero-order chi connectivity index (χ0) is 11.0. The Kier molecular flexibility index (Phi) is 2.18. The molecule has 0 spiro atoms. The number of aryl methyl sites for hydroxylation is 1. The molecule has 0 aliphatic carbocycles. The molecule has 0 saturated heterocycles. The average molecular weight is 211 g/mol. The van der Waals surface area contributed by atoms with E-state index < -0.39 is 0 Å². The van der Waals surface area contributed by atoms with Gasteiger partial charge in [0.15, 0.2) is 0 Å². The van der Waals surface area contributed by atoms with Crippen LogP contribution >= 0.6 is 0 Å². The highest BCUT2D eigenvalue weighted by molar-refractivity contribution is 5.79. The van der Waals surface area contributed by atoms with E-state index in [1.54, 1.807) is 0 Å². The standard InChI is InChI=1S/C13H13N3/c1-9-8-10-4-2-3-5-11(10)16-12(9)13-14-6-7-15-13/h2-6,8,13,15H,7H2,1H3/t13-/m0/s1. The molecule has 0 unspecified atom stereocenters. The van der Waals surface area contributed by atoms with Crippen LogP contribution in [0.5, 0.6) is 0 Å². The lowest BCUT2D eigenvalue weighted by Crippen LogP contribution is -2.16.